The number of hydrogen-bond acceptors (Lipinski definition) is 3. The van der Waals surface area contributed by atoms with Crippen LogP contribution in [0, 0.1) is 0 Å². The standard InChI is InChI=1S/C21H22N2O3/c1-15(17-10-4-8-16-7-2-3-9-18(16)17)23-20(24)12-5-13-22-21(25)19-11-6-14-26-19/h2-4,6-11,14-15H,5,12-13H2,1H3,(H,22,25)(H,23,24). The maximum absolute atomic E-state index is 12.2. The SMILES string of the molecule is CC(NC(=O)CCCNC(=O)c1ccco1)c1cccc2ccccc12. The third-order valence-corrected chi connectivity index (χ3v) is 4.28. The van der Waals surface area contributed by atoms with Crippen molar-refractivity contribution in [3.8, 4) is 0 Å². The van der Waals surface area contributed by atoms with Crippen molar-refractivity contribution in [2.24, 2.45) is 0 Å². The molecule has 0 radical (unpaired) electrons. The summed E-state index contributed by atoms with van der Waals surface area (Å²) in [5.74, 6) is -0.0174. The molecular weight excluding hydrogens is 328 g/mol. The molecular formula is C21H22N2O3. The molecule has 0 saturated carbocycles. The first kappa shape index (κ1) is 17.7. The zero-order chi connectivity index (χ0) is 18.4. The summed E-state index contributed by atoms with van der Waals surface area (Å²) in [7, 11) is 0. The highest BCUT2D eigenvalue weighted by Crippen LogP contribution is 2.24. The molecule has 0 spiro atoms. The van der Waals surface area contributed by atoms with E-state index >= 15 is 0 Å². The van der Waals surface area contributed by atoms with Gasteiger partial charge in [-0.05, 0) is 41.8 Å². The van der Waals surface area contributed by atoms with Crippen molar-refractivity contribution in [2.75, 3.05) is 6.54 Å². The van der Waals surface area contributed by atoms with Gasteiger partial charge < -0.3 is 15.1 Å². The van der Waals surface area contributed by atoms with Crippen LogP contribution in [-0.2, 0) is 4.79 Å². The van der Waals surface area contributed by atoms with Crippen molar-refractivity contribution in [3.05, 3.63) is 72.2 Å². The molecule has 0 fully saturated rings. The summed E-state index contributed by atoms with van der Waals surface area (Å²) >= 11 is 0. The van der Waals surface area contributed by atoms with E-state index in [0.717, 1.165) is 16.3 Å². The minimum Gasteiger partial charge on any atom is -0.459 e. The number of hydrogen-bond donors (Lipinski definition) is 2. The fourth-order valence-corrected chi connectivity index (χ4v) is 2.97. The lowest BCUT2D eigenvalue weighted by atomic mass is 9.99. The molecule has 0 saturated heterocycles. The van der Waals surface area contributed by atoms with Crippen LogP contribution in [0.2, 0.25) is 0 Å². The van der Waals surface area contributed by atoms with Crippen molar-refractivity contribution >= 4 is 22.6 Å². The third kappa shape index (κ3) is 4.30. The number of benzene rings is 2. The third-order valence-electron chi connectivity index (χ3n) is 4.28. The van der Waals surface area contributed by atoms with Gasteiger partial charge in [-0.2, -0.15) is 0 Å². The van der Waals surface area contributed by atoms with Gasteiger partial charge in [0.25, 0.3) is 5.91 Å². The maximum Gasteiger partial charge on any atom is 0.286 e. The number of nitrogens with one attached hydrogen (secondary N) is 2. The zero-order valence-corrected chi connectivity index (χ0v) is 14.7. The van der Waals surface area contributed by atoms with Crippen LogP contribution >= 0.6 is 0 Å². The molecule has 26 heavy (non-hydrogen) atoms. The monoisotopic (exact) mass is 350 g/mol. The first-order valence-corrected chi connectivity index (χ1v) is 8.74. The quantitative estimate of drug-likeness (QED) is 0.636. The van der Waals surface area contributed by atoms with E-state index in [1.165, 1.54) is 6.26 Å². The minimum atomic E-state index is -0.264. The average molecular weight is 350 g/mol. The number of carbonyl (C=O) groups excluding carboxylic acids is 2. The number of rotatable bonds is 7. The van der Waals surface area contributed by atoms with Crippen molar-refractivity contribution in [3.63, 3.8) is 0 Å². The molecule has 1 aromatic heterocycles. The molecule has 1 unspecified atom stereocenters. The number of carbonyl (C=O) groups is 2. The molecule has 2 aromatic carbocycles. The molecule has 0 aliphatic heterocycles. The summed E-state index contributed by atoms with van der Waals surface area (Å²) in [6.07, 6.45) is 2.38. The fourth-order valence-electron chi connectivity index (χ4n) is 2.97. The van der Waals surface area contributed by atoms with Gasteiger partial charge in [-0.15, -0.1) is 0 Å². The van der Waals surface area contributed by atoms with Gasteiger partial charge in [0.1, 0.15) is 0 Å². The summed E-state index contributed by atoms with van der Waals surface area (Å²) in [6.45, 7) is 2.41. The number of fused-ring (bicyclic) bond motifs is 1. The summed E-state index contributed by atoms with van der Waals surface area (Å²) in [5, 5.41) is 8.08. The molecule has 3 aromatic rings. The van der Waals surface area contributed by atoms with E-state index in [2.05, 4.69) is 28.8 Å². The van der Waals surface area contributed by atoms with E-state index in [0.29, 0.717) is 19.4 Å². The topological polar surface area (TPSA) is 71.3 Å². The molecule has 5 nitrogen and oxygen atoms in total. The Labute approximate surface area is 152 Å². The Kier molecular flexibility index (Phi) is 5.69. The van der Waals surface area contributed by atoms with Crippen LogP contribution in [0.1, 0.15) is 41.9 Å². The van der Waals surface area contributed by atoms with Gasteiger partial charge in [0.15, 0.2) is 5.76 Å². The molecule has 1 heterocycles. The summed E-state index contributed by atoms with van der Waals surface area (Å²) in [5.41, 5.74) is 1.10. The predicted octanol–water partition coefficient (Wildman–Crippen LogP) is 3.82. The normalized spacial score (nSPS) is 11.9. The van der Waals surface area contributed by atoms with E-state index in [1.54, 1.807) is 12.1 Å². The van der Waals surface area contributed by atoms with Crippen molar-refractivity contribution in [2.45, 2.75) is 25.8 Å². The predicted molar refractivity (Wildman–Crippen MR) is 101 cm³/mol. The zero-order valence-electron chi connectivity index (χ0n) is 14.7. The number of furan rings is 1. The van der Waals surface area contributed by atoms with Gasteiger partial charge >= 0.3 is 0 Å². The second kappa shape index (κ2) is 8.34. The molecule has 0 aliphatic carbocycles. The van der Waals surface area contributed by atoms with E-state index in [1.807, 2.05) is 31.2 Å². The van der Waals surface area contributed by atoms with Crippen LogP contribution < -0.4 is 10.6 Å². The smallest absolute Gasteiger partial charge is 0.286 e. The Hall–Kier alpha value is -3.08. The van der Waals surface area contributed by atoms with Gasteiger partial charge in [-0.1, -0.05) is 42.5 Å². The van der Waals surface area contributed by atoms with Crippen LogP contribution in [0.25, 0.3) is 10.8 Å². The summed E-state index contributed by atoms with van der Waals surface area (Å²) in [6, 6.07) is 17.4. The van der Waals surface area contributed by atoms with Gasteiger partial charge in [0.05, 0.1) is 12.3 Å². The van der Waals surface area contributed by atoms with Crippen LogP contribution in [0.4, 0.5) is 0 Å². The van der Waals surface area contributed by atoms with E-state index < -0.39 is 0 Å². The van der Waals surface area contributed by atoms with E-state index in [4.69, 9.17) is 4.42 Å². The second-order valence-corrected chi connectivity index (χ2v) is 6.19. The second-order valence-electron chi connectivity index (χ2n) is 6.19. The van der Waals surface area contributed by atoms with Gasteiger partial charge in [-0.25, -0.2) is 0 Å². The molecule has 134 valence electrons. The molecule has 2 amide bonds. The molecule has 3 rings (SSSR count). The molecule has 5 heteroatoms. The highest BCUT2D eigenvalue weighted by molar-refractivity contribution is 5.91. The van der Waals surface area contributed by atoms with E-state index in [9.17, 15) is 9.59 Å². The highest BCUT2D eigenvalue weighted by atomic mass is 16.3. The lowest BCUT2D eigenvalue weighted by Crippen LogP contribution is -2.29. The average Bonchev–Trinajstić information content (AvgIpc) is 3.19. The van der Waals surface area contributed by atoms with Gasteiger partial charge in [0, 0.05) is 13.0 Å². The Balaban J connectivity index is 1.47. The van der Waals surface area contributed by atoms with Crippen LogP contribution in [0.5, 0.6) is 0 Å². The van der Waals surface area contributed by atoms with Crippen molar-refractivity contribution in [1.29, 1.82) is 0 Å². The largest absolute Gasteiger partial charge is 0.459 e. The molecule has 1 atom stereocenters. The Bertz CT molecular complexity index is 882. The maximum atomic E-state index is 12.2. The molecule has 0 bridgehead atoms. The van der Waals surface area contributed by atoms with E-state index in [-0.39, 0.29) is 23.6 Å². The molecule has 2 N–H and O–H groups in total. The Morgan fingerprint density at radius 1 is 1.04 bits per heavy atom. The minimum absolute atomic E-state index is 0.0299. The van der Waals surface area contributed by atoms with Crippen molar-refractivity contribution < 1.29 is 14.0 Å². The van der Waals surface area contributed by atoms with Crippen molar-refractivity contribution in [1.82, 2.24) is 10.6 Å². The van der Waals surface area contributed by atoms with Crippen LogP contribution in [-0.4, -0.2) is 18.4 Å². The summed E-state index contributed by atoms with van der Waals surface area (Å²) in [4.78, 5) is 23.9. The first-order valence-electron chi connectivity index (χ1n) is 8.74. The first-order chi connectivity index (χ1) is 12.6. The number of amides is 2. The Morgan fingerprint density at radius 2 is 1.85 bits per heavy atom. The van der Waals surface area contributed by atoms with Gasteiger partial charge in [0.2, 0.25) is 5.91 Å². The lowest BCUT2D eigenvalue weighted by molar-refractivity contribution is -0.121. The fraction of sp³-hybridized carbons (Fsp3) is 0.238. The highest BCUT2D eigenvalue weighted by Gasteiger charge is 2.12. The van der Waals surface area contributed by atoms with Gasteiger partial charge in [-0.3, -0.25) is 9.59 Å². The molecule has 0 aliphatic rings. The Morgan fingerprint density at radius 3 is 2.65 bits per heavy atom. The van der Waals surface area contributed by atoms with Crippen LogP contribution in [0.15, 0.2) is 65.3 Å². The van der Waals surface area contributed by atoms with Crippen LogP contribution in [0.3, 0.4) is 0 Å². The summed E-state index contributed by atoms with van der Waals surface area (Å²) < 4.78 is 5.02. The lowest BCUT2D eigenvalue weighted by Gasteiger charge is -2.16.